The van der Waals surface area contributed by atoms with Crippen LogP contribution in [-0.2, 0) is 10.0 Å². The SMILES string of the molecule is CCN(CCCNC(=NC)NC1CCC(SC)C1)S(C)(=O)=O. The summed E-state index contributed by atoms with van der Waals surface area (Å²) in [6.07, 6.45) is 7.81. The lowest BCUT2D eigenvalue weighted by atomic mass is 10.2. The molecule has 1 saturated carbocycles. The topological polar surface area (TPSA) is 73.8 Å². The monoisotopic (exact) mass is 350 g/mol. The number of thioether (sulfide) groups is 1. The van der Waals surface area contributed by atoms with Gasteiger partial charge >= 0.3 is 0 Å². The number of aliphatic imine (C=N–C) groups is 1. The number of nitrogens with one attached hydrogen (secondary N) is 2. The summed E-state index contributed by atoms with van der Waals surface area (Å²) in [6, 6.07) is 0.492. The average molecular weight is 351 g/mol. The van der Waals surface area contributed by atoms with Crippen LogP contribution in [0.3, 0.4) is 0 Å². The zero-order valence-corrected chi connectivity index (χ0v) is 15.8. The van der Waals surface area contributed by atoms with Crippen LogP contribution in [0.2, 0.25) is 0 Å². The van der Waals surface area contributed by atoms with Gasteiger partial charge in [-0.1, -0.05) is 6.92 Å². The summed E-state index contributed by atoms with van der Waals surface area (Å²) in [7, 11) is -1.32. The molecule has 1 rings (SSSR count). The van der Waals surface area contributed by atoms with Gasteiger partial charge in [0.2, 0.25) is 10.0 Å². The molecule has 2 N–H and O–H groups in total. The van der Waals surface area contributed by atoms with Crippen LogP contribution in [0.1, 0.15) is 32.6 Å². The fraction of sp³-hybridized carbons (Fsp3) is 0.929. The molecule has 0 amide bonds. The van der Waals surface area contributed by atoms with Crippen molar-refractivity contribution in [3.05, 3.63) is 0 Å². The first-order valence-electron chi connectivity index (χ1n) is 7.85. The van der Waals surface area contributed by atoms with Crippen LogP contribution in [0.25, 0.3) is 0 Å². The molecule has 0 saturated heterocycles. The van der Waals surface area contributed by atoms with Gasteiger partial charge in [0, 0.05) is 38.0 Å². The Balaban J connectivity index is 2.27. The summed E-state index contributed by atoms with van der Waals surface area (Å²) >= 11 is 1.94. The van der Waals surface area contributed by atoms with Crippen LogP contribution in [0, 0.1) is 0 Å². The average Bonchev–Trinajstić information content (AvgIpc) is 2.92. The van der Waals surface area contributed by atoms with E-state index in [0.717, 1.165) is 17.6 Å². The smallest absolute Gasteiger partial charge is 0.211 e. The van der Waals surface area contributed by atoms with E-state index >= 15 is 0 Å². The van der Waals surface area contributed by atoms with Gasteiger partial charge < -0.3 is 10.6 Å². The van der Waals surface area contributed by atoms with E-state index in [1.807, 2.05) is 18.7 Å². The maximum absolute atomic E-state index is 11.5. The van der Waals surface area contributed by atoms with Crippen molar-refractivity contribution in [1.29, 1.82) is 0 Å². The van der Waals surface area contributed by atoms with Crippen LogP contribution < -0.4 is 10.6 Å². The number of guanidine groups is 1. The first-order chi connectivity index (χ1) is 10.4. The maximum atomic E-state index is 11.5. The number of nitrogens with zero attached hydrogens (tertiary/aromatic N) is 2. The standard InChI is InChI=1S/C14H30N4O2S2/c1-5-18(22(4,19)20)10-6-9-16-14(15-2)17-12-7-8-13(11-12)21-3/h12-13H,5-11H2,1-4H3,(H2,15,16,17). The summed E-state index contributed by atoms with van der Waals surface area (Å²) < 4.78 is 24.5. The van der Waals surface area contributed by atoms with Crippen LogP contribution in [0.15, 0.2) is 4.99 Å². The molecule has 0 spiro atoms. The van der Waals surface area contributed by atoms with Crippen molar-refractivity contribution in [2.45, 2.75) is 43.9 Å². The molecule has 0 heterocycles. The summed E-state index contributed by atoms with van der Waals surface area (Å²) in [4.78, 5) is 4.24. The highest BCUT2D eigenvalue weighted by Gasteiger charge is 2.24. The number of hydrogen-bond donors (Lipinski definition) is 2. The van der Waals surface area contributed by atoms with Crippen molar-refractivity contribution in [2.75, 3.05) is 39.2 Å². The van der Waals surface area contributed by atoms with Gasteiger partial charge in [-0.05, 0) is 31.9 Å². The first-order valence-corrected chi connectivity index (χ1v) is 11.0. The summed E-state index contributed by atoms with van der Waals surface area (Å²) in [6.45, 7) is 3.63. The Morgan fingerprint density at radius 1 is 1.41 bits per heavy atom. The highest BCUT2D eigenvalue weighted by molar-refractivity contribution is 7.99. The minimum absolute atomic E-state index is 0.492. The molecule has 0 radical (unpaired) electrons. The summed E-state index contributed by atoms with van der Waals surface area (Å²) in [5.41, 5.74) is 0. The van der Waals surface area contributed by atoms with Gasteiger partial charge in [-0.15, -0.1) is 0 Å². The molecule has 0 aromatic heterocycles. The Hall–Kier alpha value is -0.470. The Morgan fingerprint density at radius 2 is 2.14 bits per heavy atom. The van der Waals surface area contributed by atoms with Crippen LogP contribution >= 0.6 is 11.8 Å². The lowest BCUT2D eigenvalue weighted by molar-refractivity contribution is 0.424. The Kier molecular flexibility index (Phi) is 8.56. The van der Waals surface area contributed by atoms with Gasteiger partial charge in [0.1, 0.15) is 0 Å². The summed E-state index contributed by atoms with van der Waals surface area (Å²) in [5, 5.41) is 7.48. The van der Waals surface area contributed by atoms with Crippen LogP contribution in [-0.4, -0.2) is 69.2 Å². The second-order valence-electron chi connectivity index (χ2n) is 5.62. The van der Waals surface area contributed by atoms with E-state index in [1.54, 1.807) is 7.05 Å². The van der Waals surface area contributed by atoms with E-state index in [2.05, 4.69) is 21.9 Å². The van der Waals surface area contributed by atoms with Crippen molar-refractivity contribution in [3.63, 3.8) is 0 Å². The molecule has 0 aromatic rings. The van der Waals surface area contributed by atoms with E-state index in [0.29, 0.717) is 25.7 Å². The van der Waals surface area contributed by atoms with E-state index < -0.39 is 10.0 Å². The number of hydrogen-bond acceptors (Lipinski definition) is 4. The van der Waals surface area contributed by atoms with E-state index in [9.17, 15) is 8.42 Å². The lowest BCUT2D eigenvalue weighted by Gasteiger charge is -2.19. The third-order valence-electron chi connectivity index (χ3n) is 3.98. The van der Waals surface area contributed by atoms with Gasteiger partial charge in [-0.2, -0.15) is 11.8 Å². The Morgan fingerprint density at radius 3 is 2.64 bits per heavy atom. The molecule has 0 bridgehead atoms. The van der Waals surface area contributed by atoms with Crippen molar-refractivity contribution < 1.29 is 8.42 Å². The quantitative estimate of drug-likeness (QED) is 0.390. The van der Waals surface area contributed by atoms with E-state index in [4.69, 9.17) is 0 Å². The fourth-order valence-electron chi connectivity index (χ4n) is 2.69. The molecule has 0 aliphatic heterocycles. The lowest BCUT2D eigenvalue weighted by Crippen LogP contribution is -2.43. The van der Waals surface area contributed by atoms with Crippen molar-refractivity contribution in [1.82, 2.24) is 14.9 Å². The Bertz CT molecular complexity index is 454. The highest BCUT2D eigenvalue weighted by atomic mass is 32.2. The highest BCUT2D eigenvalue weighted by Crippen LogP contribution is 2.27. The maximum Gasteiger partial charge on any atom is 0.211 e. The number of rotatable bonds is 8. The van der Waals surface area contributed by atoms with Crippen molar-refractivity contribution in [2.24, 2.45) is 4.99 Å². The van der Waals surface area contributed by atoms with Crippen molar-refractivity contribution >= 4 is 27.7 Å². The summed E-state index contributed by atoms with van der Waals surface area (Å²) in [5.74, 6) is 0.814. The third kappa shape index (κ3) is 6.75. The Labute approximate surface area is 139 Å². The third-order valence-corrected chi connectivity index (χ3v) is 6.45. The van der Waals surface area contributed by atoms with Gasteiger partial charge in [-0.3, -0.25) is 4.99 Å². The second kappa shape index (κ2) is 9.62. The van der Waals surface area contributed by atoms with Gasteiger partial charge in [0.15, 0.2) is 5.96 Å². The predicted octanol–water partition coefficient (Wildman–Crippen LogP) is 1.11. The molecular formula is C14H30N4O2S2. The zero-order valence-electron chi connectivity index (χ0n) is 14.1. The van der Waals surface area contributed by atoms with Crippen LogP contribution in [0.4, 0.5) is 0 Å². The molecular weight excluding hydrogens is 320 g/mol. The normalized spacial score (nSPS) is 23.0. The molecule has 8 heteroatoms. The first kappa shape index (κ1) is 19.6. The molecule has 130 valence electrons. The molecule has 2 unspecified atom stereocenters. The molecule has 1 aliphatic carbocycles. The number of sulfonamides is 1. The van der Waals surface area contributed by atoms with E-state index in [-0.39, 0.29) is 0 Å². The molecule has 6 nitrogen and oxygen atoms in total. The van der Waals surface area contributed by atoms with Gasteiger partial charge in [0.05, 0.1) is 6.26 Å². The zero-order chi connectivity index (χ0) is 16.6. The molecule has 1 fully saturated rings. The minimum Gasteiger partial charge on any atom is -0.356 e. The second-order valence-corrected chi connectivity index (χ2v) is 8.74. The van der Waals surface area contributed by atoms with Gasteiger partial charge in [0.25, 0.3) is 0 Å². The molecule has 2 atom stereocenters. The molecule has 0 aromatic carbocycles. The predicted molar refractivity (Wildman–Crippen MR) is 96.1 cm³/mol. The molecule has 1 aliphatic rings. The van der Waals surface area contributed by atoms with Crippen molar-refractivity contribution in [3.8, 4) is 0 Å². The molecule has 22 heavy (non-hydrogen) atoms. The largest absolute Gasteiger partial charge is 0.356 e. The minimum atomic E-state index is -3.09. The van der Waals surface area contributed by atoms with Gasteiger partial charge in [-0.25, -0.2) is 12.7 Å². The fourth-order valence-corrected chi connectivity index (χ4v) is 4.42. The van der Waals surface area contributed by atoms with E-state index in [1.165, 1.54) is 29.8 Å². The van der Waals surface area contributed by atoms with Crippen LogP contribution in [0.5, 0.6) is 0 Å².